The quantitative estimate of drug-likeness (QED) is 0.714. The number of benzene rings is 2. The van der Waals surface area contributed by atoms with Crippen molar-refractivity contribution in [2.45, 2.75) is 32.2 Å². The first-order chi connectivity index (χ1) is 14.2. The summed E-state index contributed by atoms with van der Waals surface area (Å²) in [6, 6.07) is 16.3. The van der Waals surface area contributed by atoms with Crippen molar-refractivity contribution in [2.75, 3.05) is 13.2 Å². The average Bonchev–Trinajstić information content (AvgIpc) is 2.97. The second kappa shape index (κ2) is 8.67. The summed E-state index contributed by atoms with van der Waals surface area (Å²) in [4.78, 5) is 27.0. The molecule has 0 radical (unpaired) electrons. The van der Waals surface area contributed by atoms with Crippen molar-refractivity contribution in [3.05, 3.63) is 88.7 Å². The van der Waals surface area contributed by atoms with E-state index < -0.39 is 23.5 Å². The van der Waals surface area contributed by atoms with Gasteiger partial charge in [-0.25, -0.2) is 0 Å². The predicted octanol–water partition coefficient (Wildman–Crippen LogP) is 3.95. The van der Waals surface area contributed by atoms with E-state index in [0.29, 0.717) is 5.56 Å². The highest BCUT2D eigenvalue weighted by atomic mass is 16.3. The normalized spacial score (nSPS) is 17.3. The first-order valence-corrected chi connectivity index (χ1v) is 9.97. The lowest BCUT2D eigenvalue weighted by Gasteiger charge is -2.27. The van der Waals surface area contributed by atoms with Crippen molar-refractivity contribution >= 4 is 17.8 Å². The Balaban J connectivity index is 1.99. The van der Waals surface area contributed by atoms with E-state index in [2.05, 4.69) is 20.8 Å². The molecule has 2 aromatic rings. The van der Waals surface area contributed by atoms with Gasteiger partial charge in [-0.3, -0.25) is 9.59 Å². The largest absolute Gasteiger partial charge is 0.503 e. The van der Waals surface area contributed by atoms with Gasteiger partial charge in [-0.15, -0.1) is 0 Å². The molecule has 1 amide bonds. The topological polar surface area (TPSA) is 77.8 Å². The van der Waals surface area contributed by atoms with Gasteiger partial charge >= 0.3 is 0 Å². The summed E-state index contributed by atoms with van der Waals surface area (Å²) in [7, 11) is 0. The van der Waals surface area contributed by atoms with E-state index in [9.17, 15) is 19.8 Å². The summed E-state index contributed by atoms with van der Waals surface area (Å²) < 4.78 is 0. The molecular weight excluding hydrogens is 378 g/mol. The van der Waals surface area contributed by atoms with Crippen LogP contribution >= 0.6 is 0 Å². The van der Waals surface area contributed by atoms with Crippen LogP contribution in [-0.4, -0.2) is 40.0 Å². The van der Waals surface area contributed by atoms with Crippen LogP contribution in [-0.2, 0) is 15.0 Å². The van der Waals surface area contributed by atoms with Gasteiger partial charge in [-0.2, -0.15) is 0 Å². The lowest BCUT2D eigenvalue weighted by molar-refractivity contribution is -0.129. The van der Waals surface area contributed by atoms with Gasteiger partial charge in [0.2, 0.25) is 0 Å². The van der Waals surface area contributed by atoms with Crippen molar-refractivity contribution in [2.24, 2.45) is 0 Å². The van der Waals surface area contributed by atoms with E-state index in [1.807, 2.05) is 54.6 Å². The predicted molar refractivity (Wildman–Crippen MR) is 117 cm³/mol. The molecular formula is C25H27NO4. The molecule has 0 aliphatic carbocycles. The fourth-order valence-corrected chi connectivity index (χ4v) is 3.58. The van der Waals surface area contributed by atoms with Gasteiger partial charge < -0.3 is 15.1 Å². The number of rotatable bonds is 6. The fourth-order valence-electron chi connectivity index (χ4n) is 3.58. The lowest BCUT2D eigenvalue weighted by Crippen LogP contribution is -2.33. The first kappa shape index (κ1) is 21.5. The Hall–Kier alpha value is -3.18. The highest BCUT2D eigenvalue weighted by molar-refractivity contribution is 6.14. The second-order valence-electron chi connectivity index (χ2n) is 8.37. The number of β-amino-alcohol motifs (C(OH)–C–C–N with tert-alkyl or cyclic N) is 1. The molecule has 0 bridgehead atoms. The molecule has 1 aliphatic heterocycles. The average molecular weight is 405 g/mol. The van der Waals surface area contributed by atoms with Gasteiger partial charge in [0.1, 0.15) is 0 Å². The molecule has 1 heterocycles. The molecule has 0 fully saturated rings. The second-order valence-corrected chi connectivity index (χ2v) is 8.37. The van der Waals surface area contributed by atoms with E-state index in [1.165, 1.54) is 11.0 Å². The van der Waals surface area contributed by atoms with Crippen molar-refractivity contribution < 1.29 is 19.8 Å². The molecule has 30 heavy (non-hydrogen) atoms. The van der Waals surface area contributed by atoms with Crippen molar-refractivity contribution in [1.29, 1.82) is 0 Å². The summed E-state index contributed by atoms with van der Waals surface area (Å²) in [6.07, 6.45) is 3.02. The number of hydrogen-bond acceptors (Lipinski definition) is 4. The van der Waals surface area contributed by atoms with Gasteiger partial charge in [-0.05, 0) is 28.2 Å². The van der Waals surface area contributed by atoms with E-state index >= 15 is 0 Å². The number of nitrogens with zero attached hydrogens (tertiary/aromatic N) is 1. The van der Waals surface area contributed by atoms with Crippen LogP contribution in [0.3, 0.4) is 0 Å². The van der Waals surface area contributed by atoms with Crippen LogP contribution in [0.4, 0.5) is 0 Å². The summed E-state index contributed by atoms with van der Waals surface area (Å²) >= 11 is 0. The van der Waals surface area contributed by atoms with E-state index in [4.69, 9.17) is 0 Å². The van der Waals surface area contributed by atoms with E-state index in [-0.39, 0.29) is 24.1 Å². The molecule has 0 aromatic heterocycles. The summed E-state index contributed by atoms with van der Waals surface area (Å²) in [6.45, 7) is 6.07. The molecule has 0 saturated carbocycles. The number of allylic oxidation sites excluding steroid dienone is 1. The number of carbonyl (C=O) groups is 2. The highest BCUT2D eigenvalue weighted by Gasteiger charge is 2.42. The summed E-state index contributed by atoms with van der Waals surface area (Å²) in [5, 5.41) is 19.9. The van der Waals surface area contributed by atoms with Crippen LogP contribution in [0.2, 0.25) is 0 Å². The Bertz CT molecular complexity index is 982. The SMILES string of the molecule is CC(C)(C)c1ccc(C2C(C(=O)/C=C/c3ccccc3)=C(O)C(=O)N2CCO)cc1. The van der Waals surface area contributed by atoms with Crippen molar-refractivity contribution in [3.63, 3.8) is 0 Å². The maximum atomic E-state index is 13.0. The van der Waals surface area contributed by atoms with Gasteiger partial charge in [0, 0.05) is 6.54 Å². The minimum Gasteiger partial charge on any atom is -0.503 e. The third-order valence-corrected chi connectivity index (χ3v) is 5.23. The zero-order chi connectivity index (χ0) is 21.9. The standard InChI is InChI=1S/C25H27NO4/c1-25(2,3)19-12-10-18(11-13-19)22-21(23(29)24(30)26(22)15-16-27)20(28)14-9-17-7-5-4-6-8-17/h4-14,22,27,29H,15-16H2,1-3H3/b14-9+. The Morgan fingerprint density at radius 3 is 2.27 bits per heavy atom. The fraction of sp³-hybridized carbons (Fsp3) is 0.280. The first-order valence-electron chi connectivity index (χ1n) is 9.97. The summed E-state index contributed by atoms with van der Waals surface area (Å²) in [5.41, 5.74) is 2.67. The third-order valence-electron chi connectivity index (χ3n) is 5.23. The van der Waals surface area contributed by atoms with Crippen LogP contribution < -0.4 is 0 Å². The molecule has 0 saturated heterocycles. The lowest BCUT2D eigenvalue weighted by atomic mass is 9.85. The van der Waals surface area contributed by atoms with Crippen LogP contribution in [0.5, 0.6) is 0 Å². The Kier molecular flexibility index (Phi) is 6.22. The number of carbonyl (C=O) groups excluding carboxylic acids is 2. The van der Waals surface area contributed by atoms with Crippen LogP contribution in [0.25, 0.3) is 6.08 Å². The third kappa shape index (κ3) is 4.36. The van der Waals surface area contributed by atoms with Gasteiger partial charge in [0.15, 0.2) is 11.5 Å². The van der Waals surface area contributed by atoms with Gasteiger partial charge in [0.05, 0.1) is 18.2 Å². The van der Waals surface area contributed by atoms with Crippen LogP contribution in [0.15, 0.2) is 72.0 Å². The van der Waals surface area contributed by atoms with Crippen molar-refractivity contribution in [1.82, 2.24) is 4.90 Å². The molecule has 156 valence electrons. The minimum absolute atomic E-state index is 0.0216. The van der Waals surface area contributed by atoms with E-state index in [1.54, 1.807) is 6.08 Å². The molecule has 2 N–H and O–H groups in total. The maximum absolute atomic E-state index is 13.0. The van der Waals surface area contributed by atoms with Crippen LogP contribution in [0.1, 0.15) is 43.5 Å². The smallest absolute Gasteiger partial charge is 0.290 e. The Morgan fingerprint density at radius 2 is 1.70 bits per heavy atom. The molecule has 3 rings (SSSR count). The van der Waals surface area contributed by atoms with E-state index in [0.717, 1.165) is 11.1 Å². The molecule has 1 aliphatic rings. The maximum Gasteiger partial charge on any atom is 0.290 e. The number of ketones is 1. The zero-order valence-electron chi connectivity index (χ0n) is 17.5. The molecule has 0 spiro atoms. The number of amides is 1. The number of hydrogen-bond donors (Lipinski definition) is 2. The Morgan fingerprint density at radius 1 is 1.07 bits per heavy atom. The zero-order valence-corrected chi connectivity index (χ0v) is 17.5. The van der Waals surface area contributed by atoms with Gasteiger partial charge in [-0.1, -0.05) is 81.4 Å². The number of aliphatic hydroxyl groups is 2. The molecule has 1 atom stereocenters. The molecule has 1 unspecified atom stereocenters. The molecule has 2 aromatic carbocycles. The van der Waals surface area contributed by atoms with Crippen molar-refractivity contribution in [3.8, 4) is 0 Å². The Labute approximate surface area is 177 Å². The highest BCUT2D eigenvalue weighted by Crippen LogP contribution is 2.38. The number of aliphatic hydroxyl groups excluding tert-OH is 2. The summed E-state index contributed by atoms with van der Waals surface area (Å²) in [5.74, 6) is -1.64. The van der Waals surface area contributed by atoms with Crippen LogP contribution in [0, 0.1) is 0 Å². The minimum atomic E-state index is -0.744. The monoisotopic (exact) mass is 405 g/mol. The molecule has 5 heteroatoms. The van der Waals surface area contributed by atoms with Gasteiger partial charge in [0.25, 0.3) is 5.91 Å². The molecule has 5 nitrogen and oxygen atoms in total.